The van der Waals surface area contributed by atoms with Crippen molar-refractivity contribution in [3.8, 4) is 0 Å². The highest BCUT2D eigenvalue weighted by Gasteiger charge is 2.30. The van der Waals surface area contributed by atoms with Crippen molar-refractivity contribution in [3.63, 3.8) is 0 Å². The third-order valence-corrected chi connectivity index (χ3v) is 4.17. The Balaban J connectivity index is 2.45. The highest BCUT2D eigenvalue weighted by atomic mass is 16.6. The molecule has 0 aromatic carbocycles. The first kappa shape index (κ1) is 20.2. The highest BCUT2D eigenvalue weighted by molar-refractivity contribution is 5.68. The number of hydrogen-bond donors (Lipinski definition) is 1. The number of rotatable bonds is 7. The quantitative estimate of drug-likeness (QED) is 0.776. The van der Waals surface area contributed by atoms with Crippen LogP contribution in [0.25, 0.3) is 0 Å². The van der Waals surface area contributed by atoms with Crippen molar-refractivity contribution >= 4 is 6.09 Å². The summed E-state index contributed by atoms with van der Waals surface area (Å²) in [5.41, 5.74) is -0.445. The van der Waals surface area contributed by atoms with E-state index in [4.69, 9.17) is 14.2 Å². The molecule has 0 spiro atoms. The molecule has 0 radical (unpaired) electrons. The molecule has 1 N–H and O–H groups in total. The molecule has 3 unspecified atom stereocenters. The minimum Gasteiger partial charge on any atom is -0.444 e. The van der Waals surface area contributed by atoms with Gasteiger partial charge in [-0.25, -0.2) is 4.79 Å². The van der Waals surface area contributed by atoms with E-state index >= 15 is 0 Å². The second-order valence-corrected chi connectivity index (χ2v) is 7.34. The predicted octanol–water partition coefficient (Wildman–Crippen LogP) is 2.27. The van der Waals surface area contributed by atoms with E-state index in [1.54, 1.807) is 14.2 Å². The second-order valence-electron chi connectivity index (χ2n) is 7.34. The number of likely N-dealkylation sites (tertiary alicyclic amines) is 1. The summed E-state index contributed by atoms with van der Waals surface area (Å²) in [5, 5.41) is 3.51. The Bertz CT molecular complexity index is 357. The topological polar surface area (TPSA) is 60.0 Å². The lowest BCUT2D eigenvalue weighted by Crippen LogP contribution is -2.49. The molecule has 1 aliphatic heterocycles. The molecule has 0 bridgehead atoms. The molecule has 0 aromatic rings. The smallest absolute Gasteiger partial charge is 0.410 e. The first-order chi connectivity index (χ1) is 10.8. The largest absolute Gasteiger partial charge is 0.444 e. The fraction of sp³-hybridized carbons (Fsp3) is 0.941. The molecule has 136 valence electrons. The second kappa shape index (κ2) is 9.45. The molecule has 1 amide bonds. The van der Waals surface area contributed by atoms with Gasteiger partial charge in [0.2, 0.25) is 0 Å². The first-order valence-electron chi connectivity index (χ1n) is 8.50. The van der Waals surface area contributed by atoms with Gasteiger partial charge in [0, 0.05) is 39.9 Å². The Morgan fingerprint density at radius 2 is 2.04 bits per heavy atom. The van der Waals surface area contributed by atoms with Gasteiger partial charge in [0.25, 0.3) is 0 Å². The van der Waals surface area contributed by atoms with Crippen molar-refractivity contribution in [2.75, 3.05) is 40.5 Å². The molecule has 0 aliphatic carbocycles. The molecule has 1 rings (SSSR count). The van der Waals surface area contributed by atoms with Crippen LogP contribution in [0.1, 0.15) is 40.5 Å². The van der Waals surface area contributed by atoms with E-state index in [0.29, 0.717) is 18.6 Å². The fourth-order valence-corrected chi connectivity index (χ4v) is 2.79. The zero-order valence-electron chi connectivity index (χ0n) is 15.6. The Hall–Kier alpha value is -0.850. The molecule has 6 heteroatoms. The van der Waals surface area contributed by atoms with Crippen LogP contribution in [0.4, 0.5) is 4.79 Å². The van der Waals surface area contributed by atoms with Gasteiger partial charge in [0.1, 0.15) is 5.60 Å². The SMILES string of the molecule is COCC(CNC(C)C1CCCN(C(=O)OC(C)(C)C)C1)OC. The van der Waals surface area contributed by atoms with Crippen LogP contribution in [-0.4, -0.2) is 69.2 Å². The zero-order valence-corrected chi connectivity index (χ0v) is 15.6. The summed E-state index contributed by atoms with van der Waals surface area (Å²) in [4.78, 5) is 14.1. The summed E-state index contributed by atoms with van der Waals surface area (Å²) >= 11 is 0. The predicted molar refractivity (Wildman–Crippen MR) is 90.7 cm³/mol. The number of nitrogens with one attached hydrogen (secondary N) is 1. The molecule has 1 heterocycles. The molecule has 1 fully saturated rings. The number of nitrogens with zero attached hydrogens (tertiary/aromatic N) is 1. The molecular formula is C17H34N2O4. The third kappa shape index (κ3) is 7.50. The van der Waals surface area contributed by atoms with Gasteiger partial charge < -0.3 is 24.4 Å². The number of methoxy groups -OCH3 is 2. The van der Waals surface area contributed by atoms with Crippen molar-refractivity contribution < 1.29 is 19.0 Å². The van der Waals surface area contributed by atoms with Crippen LogP contribution in [-0.2, 0) is 14.2 Å². The maximum Gasteiger partial charge on any atom is 0.410 e. The maximum atomic E-state index is 12.2. The zero-order chi connectivity index (χ0) is 17.5. The van der Waals surface area contributed by atoms with Crippen LogP contribution >= 0.6 is 0 Å². The molecular weight excluding hydrogens is 296 g/mol. The Morgan fingerprint density at radius 1 is 1.35 bits per heavy atom. The number of amides is 1. The van der Waals surface area contributed by atoms with Crippen molar-refractivity contribution in [1.82, 2.24) is 10.2 Å². The van der Waals surface area contributed by atoms with Gasteiger partial charge in [-0.3, -0.25) is 0 Å². The highest BCUT2D eigenvalue weighted by Crippen LogP contribution is 2.22. The summed E-state index contributed by atoms with van der Waals surface area (Å²) in [6.07, 6.45) is 1.98. The van der Waals surface area contributed by atoms with E-state index in [2.05, 4.69) is 12.2 Å². The van der Waals surface area contributed by atoms with Crippen molar-refractivity contribution in [2.24, 2.45) is 5.92 Å². The average molecular weight is 330 g/mol. The van der Waals surface area contributed by atoms with E-state index in [9.17, 15) is 4.79 Å². The lowest BCUT2D eigenvalue weighted by Gasteiger charge is -2.37. The molecule has 6 nitrogen and oxygen atoms in total. The van der Waals surface area contributed by atoms with Crippen LogP contribution in [0, 0.1) is 5.92 Å². The van der Waals surface area contributed by atoms with Crippen molar-refractivity contribution in [1.29, 1.82) is 0 Å². The van der Waals surface area contributed by atoms with Gasteiger partial charge in [-0.2, -0.15) is 0 Å². The number of piperidine rings is 1. The molecule has 0 aromatic heterocycles. The van der Waals surface area contributed by atoms with Crippen molar-refractivity contribution in [2.45, 2.75) is 58.3 Å². The van der Waals surface area contributed by atoms with Crippen LogP contribution in [0.5, 0.6) is 0 Å². The van der Waals surface area contributed by atoms with Gasteiger partial charge >= 0.3 is 6.09 Å². The Labute approximate surface area is 140 Å². The third-order valence-electron chi connectivity index (χ3n) is 4.17. The Kier molecular flexibility index (Phi) is 8.29. The number of ether oxygens (including phenoxy) is 3. The summed E-state index contributed by atoms with van der Waals surface area (Å²) in [6, 6.07) is 0.315. The van der Waals surface area contributed by atoms with Gasteiger partial charge in [0.15, 0.2) is 0 Å². The molecule has 23 heavy (non-hydrogen) atoms. The fourth-order valence-electron chi connectivity index (χ4n) is 2.79. The van der Waals surface area contributed by atoms with Crippen LogP contribution in [0.15, 0.2) is 0 Å². The maximum absolute atomic E-state index is 12.2. The number of carbonyl (C=O) groups excluding carboxylic acids is 1. The average Bonchev–Trinajstić information content (AvgIpc) is 2.49. The first-order valence-corrected chi connectivity index (χ1v) is 8.50. The van der Waals surface area contributed by atoms with Crippen molar-refractivity contribution in [3.05, 3.63) is 0 Å². The van der Waals surface area contributed by atoms with Crippen LogP contribution in [0.3, 0.4) is 0 Å². The molecule has 1 saturated heterocycles. The summed E-state index contributed by atoms with van der Waals surface area (Å²) < 4.78 is 16.0. The van der Waals surface area contributed by atoms with Gasteiger partial charge in [0.05, 0.1) is 12.7 Å². The van der Waals surface area contributed by atoms with Gasteiger partial charge in [-0.1, -0.05) is 0 Å². The summed E-state index contributed by atoms with van der Waals surface area (Å²) in [5.74, 6) is 0.427. The monoisotopic (exact) mass is 330 g/mol. The minimum absolute atomic E-state index is 0.0491. The van der Waals surface area contributed by atoms with Crippen LogP contribution in [0.2, 0.25) is 0 Å². The molecule has 3 atom stereocenters. The van der Waals surface area contributed by atoms with E-state index in [0.717, 1.165) is 32.5 Å². The Morgan fingerprint density at radius 3 is 2.61 bits per heavy atom. The summed E-state index contributed by atoms with van der Waals surface area (Å²) in [6.45, 7) is 10.7. The molecule has 1 aliphatic rings. The normalized spacial score (nSPS) is 21.8. The number of hydrogen-bond acceptors (Lipinski definition) is 5. The van der Waals surface area contributed by atoms with E-state index in [1.807, 2.05) is 25.7 Å². The van der Waals surface area contributed by atoms with E-state index < -0.39 is 5.60 Å². The molecule has 0 saturated carbocycles. The lowest BCUT2D eigenvalue weighted by atomic mass is 9.91. The van der Waals surface area contributed by atoms with Crippen LogP contribution < -0.4 is 5.32 Å². The van der Waals surface area contributed by atoms with Gasteiger partial charge in [-0.15, -0.1) is 0 Å². The summed E-state index contributed by atoms with van der Waals surface area (Å²) in [7, 11) is 3.37. The van der Waals surface area contributed by atoms with E-state index in [1.165, 1.54) is 0 Å². The lowest BCUT2D eigenvalue weighted by molar-refractivity contribution is 0.0120. The van der Waals surface area contributed by atoms with Gasteiger partial charge in [-0.05, 0) is 46.5 Å². The minimum atomic E-state index is -0.445. The standard InChI is InChI=1S/C17H34N2O4/c1-13(18-10-15(22-6)12-21-5)14-8-7-9-19(11-14)16(20)23-17(2,3)4/h13-15,18H,7-12H2,1-6H3. The van der Waals surface area contributed by atoms with E-state index in [-0.39, 0.29) is 12.2 Å². The number of carbonyl (C=O) groups is 1.